The molecule has 2 unspecified atom stereocenters. The van der Waals surface area contributed by atoms with E-state index in [2.05, 4.69) is 20.5 Å². The lowest BCUT2D eigenvalue weighted by atomic mass is 10.1. The van der Waals surface area contributed by atoms with Gasteiger partial charge in [-0.2, -0.15) is 0 Å². The summed E-state index contributed by atoms with van der Waals surface area (Å²) < 4.78 is 4.84. The molecule has 0 radical (unpaired) electrons. The molecule has 2 atom stereocenters. The third kappa shape index (κ3) is 3.70. The van der Waals surface area contributed by atoms with Crippen LogP contribution in [0.5, 0.6) is 0 Å². The van der Waals surface area contributed by atoms with E-state index in [0.29, 0.717) is 43.6 Å². The molecule has 8 nitrogen and oxygen atoms in total. The number of hydrogen-bond acceptors (Lipinski definition) is 6. The van der Waals surface area contributed by atoms with Crippen molar-refractivity contribution in [1.82, 2.24) is 25.4 Å². The first-order chi connectivity index (χ1) is 12.5. The van der Waals surface area contributed by atoms with Gasteiger partial charge in [0.15, 0.2) is 0 Å². The highest BCUT2D eigenvalue weighted by Crippen LogP contribution is 2.25. The minimum Gasteiger partial charge on any atom is -0.352 e. The third-order valence-electron chi connectivity index (χ3n) is 4.91. The third-order valence-corrected chi connectivity index (χ3v) is 4.91. The van der Waals surface area contributed by atoms with Crippen LogP contribution in [0.15, 0.2) is 22.8 Å². The zero-order valence-corrected chi connectivity index (χ0v) is 15.4. The molecule has 1 saturated heterocycles. The zero-order chi connectivity index (χ0) is 18.7. The molecule has 0 aliphatic carbocycles. The molecule has 1 aromatic heterocycles. The zero-order valence-electron chi connectivity index (χ0n) is 15.4. The number of benzene rings is 1. The van der Waals surface area contributed by atoms with Crippen molar-refractivity contribution in [2.24, 2.45) is 0 Å². The fourth-order valence-electron chi connectivity index (χ4n) is 3.68. The SMILES string of the molecule is CCN(CC)C(=O)C1CC(NC(C)=O)CN1Cc1cccc2nonc12. The maximum atomic E-state index is 13.0. The van der Waals surface area contributed by atoms with Crippen molar-refractivity contribution in [2.45, 2.75) is 45.8 Å². The highest BCUT2D eigenvalue weighted by Gasteiger charge is 2.38. The average molecular weight is 359 g/mol. The molecule has 1 fully saturated rings. The number of fused-ring (bicyclic) bond motifs is 1. The monoisotopic (exact) mass is 359 g/mol. The Bertz CT molecular complexity index is 786. The number of likely N-dealkylation sites (tertiary alicyclic amines) is 1. The van der Waals surface area contributed by atoms with Gasteiger partial charge in [0.25, 0.3) is 0 Å². The van der Waals surface area contributed by atoms with Gasteiger partial charge in [-0.05, 0) is 42.2 Å². The predicted molar refractivity (Wildman–Crippen MR) is 96.2 cm³/mol. The summed E-state index contributed by atoms with van der Waals surface area (Å²) in [5.41, 5.74) is 2.38. The fourth-order valence-corrected chi connectivity index (χ4v) is 3.68. The van der Waals surface area contributed by atoms with Crippen molar-refractivity contribution in [3.05, 3.63) is 23.8 Å². The van der Waals surface area contributed by atoms with Crippen LogP contribution in [-0.2, 0) is 16.1 Å². The van der Waals surface area contributed by atoms with Crippen LogP contribution < -0.4 is 5.32 Å². The Morgan fingerprint density at radius 1 is 1.31 bits per heavy atom. The van der Waals surface area contributed by atoms with Gasteiger partial charge in [-0.1, -0.05) is 12.1 Å². The van der Waals surface area contributed by atoms with Gasteiger partial charge in [-0.25, -0.2) is 4.63 Å². The van der Waals surface area contributed by atoms with E-state index in [1.165, 1.54) is 6.92 Å². The molecule has 140 valence electrons. The summed E-state index contributed by atoms with van der Waals surface area (Å²) in [5.74, 6) is 0.0296. The molecule has 2 amide bonds. The van der Waals surface area contributed by atoms with Crippen molar-refractivity contribution in [1.29, 1.82) is 0 Å². The van der Waals surface area contributed by atoms with Crippen molar-refractivity contribution < 1.29 is 14.2 Å². The Kier molecular flexibility index (Phi) is 5.51. The van der Waals surface area contributed by atoms with Crippen molar-refractivity contribution in [2.75, 3.05) is 19.6 Å². The van der Waals surface area contributed by atoms with Gasteiger partial charge < -0.3 is 10.2 Å². The molecule has 1 aromatic carbocycles. The van der Waals surface area contributed by atoms with Crippen molar-refractivity contribution >= 4 is 22.8 Å². The molecule has 1 N–H and O–H groups in total. The second kappa shape index (κ2) is 7.82. The van der Waals surface area contributed by atoms with Crippen LogP contribution in [0.2, 0.25) is 0 Å². The predicted octanol–water partition coefficient (Wildman–Crippen LogP) is 1.17. The summed E-state index contributed by atoms with van der Waals surface area (Å²) in [6.07, 6.45) is 0.613. The highest BCUT2D eigenvalue weighted by atomic mass is 16.6. The molecular weight excluding hydrogens is 334 g/mol. The molecule has 26 heavy (non-hydrogen) atoms. The van der Waals surface area contributed by atoms with E-state index >= 15 is 0 Å². The minimum atomic E-state index is -0.262. The van der Waals surface area contributed by atoms with E-state index in [9.17, 15) is 9.59 Å². The maximum absolute atomic E-state index is 13.0. The van der Waals surface area contributed by atoms with Gasteiger partial charge in [0, 0.05) is 39.1 Å². The average Bonchev–Trinajstić information content (AvgIpc) is 3.23. The Morgan fingerprint density at radius 2 is 2.08 bits per heavy atom. The van der Waals surface area contributed by atoms with Crippen LogP contribution in [0.3, 0.4) is 0 Å². The fraction of sp³-hybridized carbons (Fsp3) is 0.556. The van der Waals surface area contributed by atoms with E-state index in [4.69, 9.17) is 4.63 Å². The van der Waals surface area contributed by atoms with E-state index in [0.717, 1.165) is 5.56 Å². The second-order valence-corrected chi connectivity index (χ2v) is 6.64. The Balaban J connectivity index is 1.84. The second-order valence-electron chi connectivity index (χ2n) is 6.64. The first-order valence-corrected chi connectivity index (χ1v) is 9.03. The number of amides is 2. The number of nitrogens with one attached hydrogen (secondary N) is 1. The van der Waals surface area contributed by atoms with E-state index < -0.39 is 0 Å². The summed E-state index contributed by atoms with van der Waals surface area (Å²) >= 11 is 0. The minimum absolute atomic E-state index is 0.0355. The number of rotatable bonds is 6. The molecule has 8 heteroatoms. The van der Waals surface area contributed by atoms with Crippen molar-refractivity contribution in [3.8, 4) is 0 Å². The molecule has 3 rings (SSSR count). The molecule has 0 saturated carbocycles. The number of carbonyl (C=O) groups excluding carboxylic acids is 2. The van der Waals surface area contributed by atoms with Crippen LogP contribution in [-0.4, -0.2) is 63.6 Å². The lowest BCUT2D eigenvalue weighted by molar-refractivity contribution is -0.135. The summed E-state index contributed by atoms with van der Waals surface area (Å²) in [6.45, 7) is 7.99. The highest BCUT2D eigenvalue weighted by molar-refractivity contribution is 5.83. The number of carbonyl (C=O) groups is 2. The van der Waals surface area contributed by atoms with Crippen LogP contribution in [0, 0.1) is 0 Å². The largest absolute Gasteiger partial charge is 0.352 e. The molecule has 0 spiro atoms. The van der Waals surface area contributed by atoms with Crippen molar-refractivity contribution in [3.63, 3.8) is 0 Å². The van der Waals surface area contributed by atoms with Gasteiger partial charge in [0.2, 0.25) is 11.8 Å². The van der Waals surface area contributed by atoms with Crippen LogP contribution in [0.25, 0.3) is 11.0 Å². The Morgan fingerprint density at radius 3 is 2.77 bits per heavy atom. The first-order valence-electron chi connectivity index (χ1n) is 9.03. The summed E-state index contributed by atoms with van der Waals surface area (Å²) in [6, 6.07) is 5.42. The van der Waals surface area contributed by atoms with E-state index in [-0.39, 0.29) is 23.9 Å². The quantitative estimate of drug-likeness (QED) is 0.832. The molecule has 1 aliphatic heterocycles. The van der Waals surface area contributed by atoms with Crippen LogP contribution >= 0.6 is 0 Å². The summed E-state index contributed by atoms with van der Waals surface area (Å²) in [4.78, 5) is 28.4. The lowest BCUT2D eigenvalue weighted by Crippen LogP contribution is -2.45. The van der Waals surface area contributed by atoms with Gasteiger partial charge in [0.05, 0.1) is 6.04 Å². The van der Waals surface area contributed by atoms with Crippen LogP contribution in [0.1, 0.15) is 32.8 Å². The molecule has 2 aromatic rings. The van der Waals surface area contributed by atoms with Gasteiger partial charge in [-0.15, -0.1) is 0 Å². The molecule has 1 aliphatic rings. The Labute approximate surface area is 152 Å². The molecule has 2 heterocycles. The number of hydrogen-bond donors (Lipinski definition) is 1. The summed E-state index contributed by atoms with van der Waals surface area (Å²) in [5, 5.41) is 10.8. The van der Waals surface area contributed by atoms with Gasteiger partial charge in [0.1, 0.15) is 11.0 Å². The number of likely N-dealkylation sites (N-methyl/N-ethyl adjacent to an activating group) is 1. The Hall–Kier alpha value is -2.48. The number of nitrogens with zero attached hydrogens (tertiary/aromatic N) is 4. The summed E-state index contributed by atoms with van der Waals surface area (Å²) in [7, 11) is 0. The van der Waals surface area contributed by atoms with E-state index in [1.807, 2.05) is 36.9 Å². The van der Waals surface area contributed by atoms with Gasteiger partial charge >= 0.3 is 0 Å². The number of aromatic nitrogens is 2. The van der Waals surface area contributed by atoms with Crippen LogP contribution in [0.4, 0.5) is 0 Å². The van der Waals surface area contributed by atoms with E-state index in [1.54, 1.807) is 0 Å². The normalized spacial score (nSPS) is 20.4. The maximum Gasteiger partial charge on any atom is 0.240 e. The standard InChI is InChI=1S/C18H25N5O3/c1-4-22(5-2)18(25)16-9-14(19-12(3)24)11-23(16)10-13-7-6-8-15-17(13)21-26-20-15/h6-8,14,16H,4-5,9-11H2,1-3H3,(H,19,24). The molecule has 0 bridgehead atoms. The van der Waals surface area contributed by atoms with Gasteiger partial charge in [-0.3, -0.25) is 14.5 Å². The lowest BCUT2D eigenvalue weighted by Gasteiger charge is -2.28. The molecular formula is C18H25N5O3. The first kappa shape index (κ1) is 18.3. The smallest absolute Gasteiger partial charge is 0.240 e. The topological polar surface area (TPSA) is 91.6 Å².